The number of nitrogens with zero attached hydrogens (tertiary/aromatic N) is 1. The molecule has 0 spiro atoms. The monoisotopic (exact) mass is 369 g/mol. The first-order valence-corrected chi connectivity index (χ1v) is 9.20. The summed E-state index contributed by atoms with van der Waals surface area (Å²) >= 11 is 1.58. The van der Waals surface area contributed by atoms with Crippen LogP contribution in [0.2, 0.25) is 0 Å². The Morgan fingerprint density at radius 2 is 1.81 bits per heavy atom. The Morgan fingerprint density at radius 1 is 1.04 bits per heavy atom. The van der Waals surface area contributed by atoms with Gasteiger partial charge >= 0.3 is 0 Å². The Labute approximate surface area is 156 Å². The SMILES string of the molecule is COC(CSc1ccc2ccc(C=Cc3ccccc3F)cc2n1)OC. The van der Waals surface area contributed by atoms with Crippen LogP contribution in [0.15, 0.2) is 59.6 Å². The molecule has 2 aromatic carbocycles. The lowest BCUT2D eigenvalue weighted by atomic mass is 10.1. The summed E-state index contributed by atoms with van der Waals surface area (Å²) in [5.41, 5.74) is 2.44. The lowest BCUT2D eigenvalue weighted by molar-refractivity contribution is -0.0842. The number of benzene rings is 2. The van der Waals surface area contributed by atoms with E-state index in [0.717, 1.165) is 21.5 Å². The minimum Gasteiger partial charge on any atom is -0.355 e. The molecule has 0 fully saturated rings. The molecule has 26 heavy (non-hydrogen) atoms. The lowest BCUT2D eigenvalue weighted by Crippen LogP contribution is -2.15. The van der Waals surface area contributed by atoms with Gasteiger partial charge in [0.25, 0.3) is 0 Å². The number of methoxy groups -OCH3 is 2. The Balaban J connectivity index is 1.79. The molecular formula is C21H20FNO2S. The van der Waals surface area contributed by atoms with Gasteiger partial charge in [-0.2, -0.15) is 0 Å². The van der Waals surface area contributed by atoms with E-state index in [2.05, 4.69) is 0 Å². The van der Waals surface area contributed by atoms with Crippen molar-refractivity contribution in [3.05, 3.63) is 71.5 Å². The normalized spacial score (nSPS) is 11.7. The zero-order valence-electron chi connectivity index (χ0n) is 14.7. The molecule has 0 N–H and O–H groups in total. The number of fused-ring (bicyclic) bond motifs is 1. The summed E-state index contributed by atoms with van der Waals surface area (Å²) in [5, 5.41) is 1.97. The molecule has 0 atom stereocenters. The smallest absolute Gasteiger partial charge is 0.166 e. The molecule has 0 bridgehead atoms. The molecule has 0 amide bonds. The van der Waals surface area contributed by atoms with Gasteiger partial charge in [-0.25, -0.2) is 9.37 Å². The molecule has 0 aliphatic carbocycles. The molecule has 1 heterocycles. The van der Waals surface area contributed by atoms with Crippen LogP contribution in [0.1, 0.15) is 11.1 Å². The number of rotatable bonds is 7. The van der Waals surface area contributed by atoms with Crippen LogP contribution >= 0.6 is 11.8 Å². The van der Waals surface area contributed by atoms with Crippen LogP contribution in [-0.2, 0) is 9.47 Å². The predicted molar refractivity (Wildman–Crippen MR) is 106 cm³/mol. The summed E-state index contributed by atoms with van der Waals surface area (Å²) in [7, 11) is 3.24. The molecule has 0 aliphatic heterocycles. The van der Waals surface area contributed by atoms with Gasteiger partial charge in [-0.05, 0) is 23.8 Å². The van der Waals surface area contributed by atoms with Gasteiger partial charge in [0.1, 0.15) is 5.82 Å². The van der Waals surface area contributed by atoms with Crippen LogP contribution in [0.5, 0.6) is 0 Å². The molecule has 134 valence electrons. The minimum absolute atomic E-state index is 0.229. The molecule has 5 heteroatoms. The molecule has 3 rings (SSSR count). The number of hydrogen-bond donors (Lipinski definition) is 0. The molecule has 3 nitrogen and oxygen atoms in total. The van der Waals surface area contributed by atoms with E-state index >= 15 is 0 Å². The van der Waals surface area contributed by atoms with Crippen molar-refractivity contribution in [1.29, 1.82) is 0 Å². The van der Waals surface area contributed by atoms with Gasteiger partial charge in [-0.1, -0.05) is 48.6 Å². The maximum atomic E-state index is 13.7. The summed E-state index contributed by atoms with van der Waals surface area (Å²) < 4.78 is 24.1. The van der Waals surface area contributed by atoms with E-state index < -0.39 is 0 Å². The molecule has 0 radical (unpaired) electrons. The number of hydrogen-bond acceptors (Lipinski definition) is 4. The fourth-order valence-electron chi connectivity index (χ4n) is 2.48. The second-order valence-electron chi connectivity index (χ2n) is 5.67. The summed E-state index contributed by atoms with van der Waals surface area (Å²) in [6.45, 7) is 0. The van der Waals surface area contributed by atoms with Crippen molar-refractivity contribution in [3.63, 3.8) is 0 Å². The molecule has 0 saturated heterocycles. The van der Waals surface area contributed by atoms with Crippen LogP contribution in [0.4, 0.5) is 4.39 Å². The van der Waals surface area contributed by atoms with Crippen LogP contribution in [0.25, 0.3) is 23.1 Å². The van der Waals surface area contributed by atoms with Gasteiger partial charge in [0.05, 0.1) is 16.3 Å². The van der Waals surface area contributed by atoms with Crippen molar-refractivity contribution >= 4 is 34.8 Å². The van der Waals surface area contributed by atoms with Gasteiger partial charge in [-0.15, -0.1) is 11.8 Å². The quantitative estimate of drug-likeness (QED) is 0.323. The van der Waals surface area contributed by atoms with Crippen molar-refractivity contribution in [2.24, 2.45) is 0 Å². The van der Waals surface area contributed by atoms with Gasteiger partial charge < -0.3 is 9.47 Å². The first kappa shape index (κ1) is 18.6. The number of ether oxygens (including phenoxy) is 2. The van der Waals surface area contributed by atoms with Gasteiger partial charge in [0.2, 0.25) is 0 Å². The third kappa shape index (κ3) is 4.69. The van der Waals surface area contributed by atoms with Crippen LogP contribution < -0.4 is 0 Å². The van der Waals surface area contributed by atoms with E-state index in [9.17, 15) is 4.39 Å². The van der Waals surface area contributed by atoms with E-state index in [-0.39, 0.29) is 12.1 Å². The van der Waals surface area contributed by atoms with E-state index in [1.807, 2.05) is 42.5 Å². The van der Waals surface area contributed by atoms with Crippen LogP contribution in [0.3, 0.4) is 0 Å². The maximum Gasteiger partial charge on any atom is 0.166 e. The largest absolute Gasteiger partial charge is 0.355 e. The van der Waals surface area contributed by atoms with Crippen molar-refractivity contribution in [2.45, 2.75) is 11.3 Å². The summed E-state index contributed by atoms with van der Waals surface area (Å²) in [6, 6.07) is 16.8. The topological polar surface area (TPSA) is 31.4 Å². The van der Waals surface area contributed by atoms with Crippen molar-refractivity contribution < 1.29 is 13.9 Å². The molecule has 0 aliphatic rings. The first-order chi connectivity index (χ1) is 12.7. The highest BCUT2D eigenvalue weighted by atomic mass is 32.2. The highest BCUT2D eigenvalue weighted by molar-refractivity contribution is 7.99. The van der Waals surface area contributed by atoms with Gasteiger partial charge in [-0.3, -0.25) is 0 Å². The summed E-state index contributed by atoms with van der Waals surface area (Å²) in [6.07, 6.45) is 3.41. The fourth-order valence-corrected chi connectivity index (χ4v) is 3.39. The highest BCUT2D eigenvalue weighted by Gasteiger charge is 2.07. The third-order valence-corrected chi connectivity index (χ3v) is 4.91. The van der Waals surface area contributed by atoms with Gasteiger partial charge in [0, 0.05) is 25.2 Å². The van der Waals surface area contributed by atoms with Crippen molar-refractivity contribution in [1.82, 2.24) is 4.98 Å². The fraction of sp³-hybridized carbons (Fsp3) is 0.190. The zero-order chi connectivity index (χ0) is 18.4. The van der Waals surface area contributed by atoms with E-state index in [1.54, 1.807) is 44.2 Å². The average molecular weight is 369 g/mol. The Kier molecular flexibility index (Phi) is 6.39. The molecule has 0 unspecified atom stereocenters. The molecular weight excluding hydrogens is 349 g/mol. The third-order valence-electron chi connectivity index (χ3n) is 3.94. The van der Waals surface area contributed by atoms with Crippen LogP contribution in [-0.4, -0.2) is 31.2 Å². The number of pyridine rings is 1. The highest BCUT2D eigenvalue weighted by Crippen LogP contribution is 2.23. The van der Waals surface area contributed by atoms with Crippen molar-refractivity contribution in [2.75, 3.05) is 20.0 Å². The summed E-state index contributed by atoms with van der Waals surface area (Å²) in [5.74, 6) is 0.436. The van der Waals surface area contributed by atoms with Gasteiger partial charge in [0.15, 0.2) is 6.29 Å². The minimum atomic E-state index is -0.257. The Bertz CT molecular complexity index is 909. The van der Waals surface area contributed by atoms with E-state index in [4.69, 9.17) is 14.5 Å². The Morgan fingerprint density at radius 3 is 2.58 bits per heavy atom. The van der Waals surface area contributed by atoms with Crippen LogP contribution in [0, 0.1) is 5.82 Å². The first-order valence-electron chi connectivity index (χ1n) is 8.21. The molecule has 3 aromatic rings. The van der Waals surface area contributed by atoms with Crippen molar-refractivity contribution in [3.8, 4) is 0 Å². The Hall–Kier alpha value is -2.21. The summed E-state index contributed by atoms with van der Waals surface area (Å²) in [4.78, 5) is 4.69. The zero-order valence-corrected chi connectivity index (χ0v) is 15.5. The second kappa shape index (κ2) is 8.94. The second-order valence-corrected chi connectivity index (χ2v) is 6.71. The number of halogens is 1. The standard InChI is InChI=1S/C21H20FNO2S/c1-24-21(25-2)14-26-20-12-11-17-10-8-15(13-19(17)23-20)7-9-16-5-3-4-6-18(16)22/h3-13,21H,14H2,1-2H3. The maximum absolute atomic E-state index is 13.7. The molecule has 1 aromatic heterocycles. The average Bonchev–Trinajstić information content (AvgIpc) is 2.68. The van der Waals surface area contributed by atoms with E-state index in [0.29, 0.717) is 11.3 Å². The predicted octanol–water partition coefficient (Wildman–Crippen LogP) is 5.26. The number of aromatic nitrogens is 1. The number of thioether (sulfide) groups is 1. The van der Waals surface area contributed by atoms with E-state index in [1.165, 1.54) is 6.07 Å². The molecule has 0 saturated carbocycles. The lowest BCUT2D eigenvalue weighted by Gasteiger charge is -2.12.